The summed E-state index contributed by atoms with van der Waals surface area (Å²) >= 11 is 1.42. The summed E-state index contributed by atoms with van der Waals surface area (Å²) in [5.41, 5.74) is 2.30. The van der Waals surface area contributed by atoms with Crippen LogP contribution >= 0.6 is 11.5 Å². The van der Waals surface area contributed by atoms with Crippen molar-refractivity contribution in [1.82, 2.24) is 18.5 Å². The van der Waals surface area contributed by atoms with E-state index < -0.39 is 0 Å². The van der Waals surface area contributed by atoms with Crippen molar-refractivity contribution in [2.24, 2.45) is 7.05 Å². The summed E-state index contributed by atoms with van der Waals surface area (Å²) in [4.78, 5) is 16.5. The van der Waals surface area contributed by atoms with Crippen molar-refractivity contribution in [2.45, 2.75) is 13.8 Å². The summed E-state index contributed by atoms with van der Waals surface area (Å²) in [6.45, 7) is 4.08. The molecule has 0 aliphatic carbocycles. The van der Waals surface area contributed by atoms with Crippen molar-refractivity contribution < 1.29 is 0 Å². The van der Waals surface area contributed by atoms with E-state index in [9.17, 15) is 4.79 Å². The van der Waals surface area contributed by atoms with E-state index in [0.29, 0.717) is 5.95 Å². The Bertz CT molecular complexity index is 801. The first-order valence-electron chi connectivity index (χ1n) is 5.56. The molecule has 0 N–H and O–H groups in total. The van der Waals surface area contributed by atoms with Crippen molar-refractivity contribution >= 4 is 28.8 Å². The van der Waals surface area contributed by atoms with Gasteiger partial charge in [-0.15, -0.1) is 0 Å². The molecule has 5 nitrogen and oxygen atoms in total. The first-order chi connectivity index (χ1) is 8.59. The van der Waals surface area contributed by atoms with E-state index in [2.05, 4.69) is 9.90 Å². The molecule has 1 aromatic carbocycles. The second-order valence-electron chi connectivity index (χ2n) is 4.26. The molecule has 2 aromatic heterocycles. The molecule has 0 bridgehead atoms. The van der Waals surface area contributed by atoms with E-state index in [4.69, 9.17) is 0 Å². The topological polar surface area (TPSA) is 52.7 Å². The summed E-state index contributed by atoms with van der Waals surface area (Å²) in [5.74, 6) is 0.554. The van der Waals surface area contributed by atoms with E-state index in [0.717, 1.165) is 15.6 Å². The molecule has 0 unspecified atom stereocenters. The molecule has 0 spiro atoms. The van der Waals surface area contributed by atoms with Crippen molar-refractivity contribution in [1.29, 1.82) is 0 Å². The molecule has 0 radical (unpaired) electrons. The third kappa shape index (κ3) is 1.47. The summed E-state index contributed by atoms with van der Waals surface area (Å²) < 4.78 is 4.20. The van der Waals surface area contributed by atoms with Crippen molar-refractivity contribution in [3.63, 3.8) is 0 Å². The summed E-state index contributed by atoms with van der Waals surface area (Å²) in [6, 6.07) is 3.86. The van der Waals surface area contributed by atoms with Crippen LogP contribution in [-0.2, 0) is 7.05 Å². The molecule has 2 heterocycles. The molecule has 0 atom stereocenters. The molecule has 0 fully saturated rings. The van der Waals surface area contributed by atoms with Crippen LogP contribution in [0.2, 0.25) is 0 Å². The second-order valence-corrected chi connectivity index (χ2v) is 5.21. The van der Waals surface area contributed by atoms with Gasteiger partial charge in [-0.1, -0.05) is 0 Å². The Morgan fingerprint density at radius 2 is 2.11 bits per heavy atom. The van der Waals surface area contributed by atoms with Crippen LogP contribution in [0, 0.1) is 13.8 Å². The van der Waals surface area contributed by atoms with Gasteiger partial charge < -0.3 is 0 Å². The first kappa shape index (κ1) is 11.3. The minimum absolute atomic E-state index is 0.0331. The van der Waals surface area contributed by atoms with Crippen molar-refractivity contribution in [2.75, 3.05) is 0 Å². The van der Waals surface area contributed by atoms with Gasteiger partial charge >= 0.3 is 108 Å². The number of aryl methyl sites for hydroxylation is 3. The van der Waals surface area contributed by atoms with Gasteiger partial charge in [0.2, 0.25) is 0 Å². The van der Waals surface area contributed by atoms with Crippen LogP contribution in [0.25, 0.3) is 16.0 Å². The van der Waals surface area contributed by atoms with E-state index in [-0.39, 0.29) is 5.56 Å². The van der Waals surface area contributed by atoms with Gasteiger partial charge in [-0.05, 0) is 0 Å². The third-order valence-electron chi connectivity index (χ3n) is 3.14. The molecule has 3 rings (SSSR count). The number of aromatic nitrogens is 4. The maximum atomic E-state index is 12.3. The number of hydrogen-bond acceptors (Lipinski definition) is 4. The monoisotopic (exact) mass is 258 g/mol. The van der Waals surface area contributed by atoms with Gasteiger partial charge in [-0.2, -0.15) is 0 Å². The van der Waals surface area contributed by atoms with Crippen LogP contribution in [-0.4, -0.2) is 25.7 Å². The quantitative estimate of drug-likeness (QED) is 0.657. The molecule has 18 heavy (non-hydrogen) atoms. The molecule has 0 aliphatic heterocycles. The fourth-order valence-electron chi connectivity index (χ4n) is 1.92. The van der Waals surface area contributed by atoms with Gasteiger partial charge in [0.05, 0.1) is 0 Å². The zero-order valence-electron chi connectivity index (χ0n) is 10.3. The van der Waals surface area contributed by atoms with Crippen LogP contribution in [0.3, 0.4) is 0 Å². The molecular formula is C11H11BN4OS. The number of rotatable bonds is 1. The minimum atomic E-state index is -0.0331. The molecule has 0 amide bonds. The predicted molar refractivity (Wildman–Crippen MR) is 72.8 cm³/mol. The van der Waals surface area contributed by atoms with Crippen LogP contribution in [0.1, 0.15) is 11.1 Å². The van der Waals surface area contributed by atoms with E-state index in [1.165, 1.54) is 24.3 Å². The summed E-state index contributed by atoms with van der Waals surface area (Å²) in [7, 11) is 3.22. The summed E-state index contributed by atoms with van der Waals surface area (Å²) in [5, 5.41) is 4.74. The first-order valence-corrected chi connectivity index (χ1v) is 6.33. The number of nitrogens with zero attached hydrogens (tertiary/aromatic N) is 4. The van der Waals surface area contributed by atoms with E-state index >= 15 is 0 Å². The van der Waals surface area contributed by atoms with Gasteiger partial charge in [0.15, 0.2) is 0 Å². The predicted octanol–water partition coefficient (Wildman–Crippen LogP) is 1.14. The normalized spacial score (nSPS) is 11.1. The zero-order chi connectivity index (χ0) is 12.9. The van der Waals surface area contributed by atoms with Crippen LogP contribution in [0.15, 0.2) is 16.9 Å². The number of fused-ring (bicyclic) bond motifs is 1. The maximum absolute atomic E-state index is 12.3. The van der Waals surface area contributed by atoms with Crippen molar-refractivity contribution in [3.8, 4) is 5.95 Å². The third-order valence-corrected chi connectivity index (χ3v) is 4.36. The molecule has 0 saturated carbocycles. The van der Waals surface area contributed by atoms with Crippen LogP contribution in [0.5, 0.6) is 0 Å². The average molecular weight is 258 g/mol. The molecular weight excluding hydrogens is 247 g/mol. The Morgan fingerprint density at radius 1 is 1.33 bits per heavy atom. The molecule has 3 aromatic rings. The average Bonchev–Trinajstić information content (AvgIpc) is 2.89. The second kappa shape index (κ2) is 3.88. The molecule has 7 heteroatoms. The fourth-order valence-corrected chi connectivity index (χ4v) is 3.09. The van der Waals surface area contributed by atoms with Gasteiger partial charge in [0, 0.05) is 0 Å². The van der Waals surface area contributed by atoms with E-state index in [1.807, 2.05) is 26.0 Å². The Balaban J connectivity index is 2.40. The molecule has 0 aliphatic rings. The Labute approximate surface area is 108 Å². The molecule has 90 valence electrons. The standard InChI is InChI=1S/C11H11BN4OS/c1-6-4-5-8-9(7(6)2)18-16(10(8)17)11-13-12-14-15(11)3/h4-5H,1-3H3. The van der Waals surface area contributed by atoms with Crippen LogP contribution < -0.4 is 5.56 Å². The van der Waals surface area contributed by atoms with Crippen LogP contribution in [0.4, 0.5) is 0 Å². The van der Waals surface area contributed by atoms with Crippen molar-refractivity contribution in [3.05, 3.63) is 33.6 Å². The van der Waals surface area contributed by atoms with E-state index in [1.54, 1.807) is 15.7 Å². The molecule has 0 saturated heterocycles. The number of hydrogen-bond donors (Lipinski definition) is 0. The SMILES string of the molecule is Cc1ccc2c(=O)n(-c3nbnn3C)sc2c1C. The Kier molecular flexibility index (Phi) is 2.44. The van der Waals surface area contributed by atoms with Gasteiger partial charge in [0.25, 0.3) is 0 Å². The van der Waals surface area contributed by atoms with Gasteiger partial charge in [0.1, 0.15) is 0 Å². The van der Waals surface area contributed by atoms with Gasteiger partial charge in [-0.25, -0.2) is 0 Å². The van der Waals surface area contributed by atoms with Gasteiger partial charge in [-0.3, -0.25) is 0 Å². The zero-order valence-corrected chi connectivity index (χ0v) is 11.2. The fraction of sp³-hybridized carbons (Fsp3) is 0.273. The Hall–Kier alpha value is -1.76. The summed E-state index contributed by atoms with van der Waals surface area (Å²) in [6.07, 6.45) is 0. The Morgan fingerprint density at radius 3 is 2.78 bits per heavy atom. The number of benzene rings is 1.